The summed E-state index contributed by atoms with van der Waals surface area (Å²) in [5.41, 5.74) is 0. The van der Waals surface area contributed by atoms with Gasteiger partial charge in [-0.25, -0.2) is 0 Å². The number of carbonyl (C=O) groups is 1. The van der Waals surface area contributed by atoms with Crippen molar-refractivity contribution >= 4 is 5.91 Å². The minimum atomic E-state index is -0.0566. The number of amides is 1. The molecule has 106 valence electrons. The molecule has 4 heteroatoms. The first kappa shape index (κ1) is 15.4. The maximum atomic E-state index is 11.8. The maximum Gasteiger partial charge on any atom is 0.220 e. The van der Waals surface area contributed by atoms with Gasteiger partial charge >= 0.3 is 0 Å². The van der Waals surface area contributed by atoms with E-state index >= 15 is 0 Å². The van der Waals surface area contributed by atoms with Crippen molar-refractivity contribution < 1.29 is 14.6 Å². The first-order chi connectivity index (χ1) is 8.76. The van der Waals surface area contributed by atoms with Crippen molar-refractivity contribution in [1.82, 2.24) is 5.32 Å². The summed E-state index contributed by atoms with van der Waals surface area (Å²) in [6.45, 7) is 0.548. The average Bonchev–Trinajstić information content (AvgIpc) is 2.38. The lowest BCUT2D eigenvalue weighted by Crippen LogP contribution is -2.38. The summed E-state index contributed by atoms with van der Waals surface area (Å²) in [5.74, 6) is 0.833. The summed E-state index contributed by atoms with van der Waals surface area (Å²) < 4.78 is 5.03. The highest BCUT2D eigenvalue weighted by Gasteiger charge is 2.16. The lowest BCUT2D eigenvalue weighted by atomic mass is 9.86. The Bertz CT molecular complexity index is 221. The number of hydrogen-bond acceptors (Lipinski definition) is 3. The van der Waals surface area contributed by atoms with Crippen molar-refractivity contribution in [2.75, 3.05) is 20.3 Å². The van der Waals surface area contributed by atoms with Crippen molar-refractivity contribution in [3.8, 4) is 0 Å². The first-order valence-corrected chi connectivity index (χ1v) is 7.15. The molecule has 1 atom stereocenters. The molecule has 0 heterocycles. The lowest BCUT2D eigenvalue weighted by molar-refractivity contribution is -0.122. The predicted molar refractivity (Wildman–Crippen MR) is 71.3 cm³/mol. The summed E-state index contributed by atoms with van der Waals surface area (Å²) in [7, 11) is 1.61. The molecule has 2 N–H and O–H groups in total. The zero-order valence-electron chi connectivity index (χ0n) is 11.5. The highest BCUT2D eigenvalue weighted by atomic mass is 16.5. The van der Waals surface area contributed by atoms with Crippen molar-refractivity contribution in [1.29, 1.82) is 0 Å². The molecule has 0 bridgehead atoms. The van der Waals surface area contributed by atoms with Gasteiger partial charge < -0.3 is 15.2 Å². The molecule has 0 aromatic carbocycles. The van der Waals surface area contributed by atoms with Gasteiger partial charge in [-0.2, -0.15) is 0 Å². The van der Waals surface area contributed by atoms with Gasteiger partial charge in [-0.15, -0.1) is 0 Å². The average molecular weight is 257 g/mol. The van der Waals surface area contributed by atoms with Crippen molar-refractivity contribution in [2.45, 2.75) is 57.4 Å². The number of rotatable bonds is 8. The number of aliphatic hydroxyl groups is 1. The number of aliphatic hydroxyl groups excluding tert-OH is 1. The van der Waals surface area contributed by atoms with Crippen LogP contribution >= 0.6 is 0 Å². The molecule has 1 saturated carbocycles. The smallest absolute Gasteiger partial charge is 0.220 e. The zero-order chi connectivity index (χ0) is 13.2. The van der Waals surface area contributed by atoms with Crippen LogP contribution in [0.2, 0.25) is 0 Å². The van der Waals surface area contributed by atoms with Crippen LogP contribution in [-0.2, 0) is 9.53 Å². The Hall–Kier alpha value is -0.610. The van der Waals surface area contributed by atoms with E-state index in [4.69, 9.17) is 9.84 Å². The molecule has 18 heavy (non-hydrogen) atoms. The van der Waals surface area contributed by atoms with Gasteiger partial charge in [0.05, 0.1) is 12.6 Å². The van der Waals surface area contributed by atoms with E-state index in [1.165, 1.54) is 32.1 Å². The van der Waals surface area contributed by atoms with Crippen LogP contribution in [-0.4, -0.2) is 37.4 Å². The van der Waals surface area contributed by atoms with Crippen molar-refractivity contribution in [2.24, 2.45) is 5.92 Å². The normalized spacial score (nSPS) is 18.6. The Morgan fingerprint density at radius 2 is 2.11 bits per heavy atom. The van der Waals surface area contributed by atoms with Gasteiger partial charge in [-0.05, 0) is 18.8 Å². The molecule has 0 radical (unpaired) electrons. The fourth-order valence-corrected chi connectivity index (χ4v) is 2.67. The summed E-state index contributed by atoms with van der Waals surface area (Å²) in [6.07, 6.45) is 8.74. The highest BCUT2D eigenvalue weighted by Crippen LogP contribution is 2.27. The van der Waals surface area contributed by atoms with E-state index in [2.05, 4.69) is 5.32 Å². The molecule has 1 unspecified atom stereocenters. The van der Waals surface area contributed by atoms with E-state index in [9.17, 15) is 4.79 Å². The van der Waals surface area contributed by atoms with Gasteiger partial charge in [0.2, 0.25) is 5.91 Å². The van der Waals surface area contributed by atoms with Gasteiger partial charge in [0.15, 0.2) is 0 Å². The van der Waals surface area contributed by atoms with Crippen LogP contribution in [0.3, 0.4) is 0 Å². The van der Waals surface area contributed by atoms with Gasteiger partial charge in [0.25, 0.3) is 0 Å². The standard InChI is InChI=1S/C14H27NO3/c1-18-11-13(9-10-16)15-14(17)8-7-12-5-3-2-4-6-12/h12-13,16H,2-11H2,1H3,(H,15,17). The molecule has 1 aliphatic carbocycles. The monoisotopic (exact) mass is 257 g/mol. The number of methoxy groups -OCH3 is 1. The molecule has 1 amide bonds. The number of nitrogens with one attached hydrogen (secondary N) is 1. The Morgan fingerprint density at radius 1 is 1.39 bits per heavy atom. The molecular formula is C14H27NO3. The Balaban J connectivity index is 2.17. The van der Waals surface area contributed by atoms with Crippen molar-refractivity contribution in [3.63, 3.8) is 0 Å². The summed E-state index contributed by atoms with van der Waals surface area (Å²) in [6, 6.07) is -0.0566. The Kier molecular flexibility index (Phi) is 8.01. The number of ether oxygens (including phenoxy) is 1. The largest absolute Gasteiger partial charge is 0.396 e. The second-order valence-electron chi connectivity index (χ2n) is 5.27. The summed E-state index contributed by atoms with van der Waals surface area (Å²) in [5, 5.41) is 11.8. The van der Waals surface area contributed by atoms with Crippen LogP contribution in [0.15, 0.2) is 0 Å². The van der Waals surface area contributed by atoms with E-state index in [1.54, 1.807) is 7.11 Å². The molecular weight excluding hydrogens is 230 g/mol. The number of carbonyl (C=O) groups excluding carboxylic acids is 1. The van der Waals surface area contributed by atoms with Crippen LogP contribution in [0, 0.1) is 5.92 Å². The maximum absolute atomic E-state index is 11.8. The molecule has 1 fully saturated rings. The topological polar surface area (TPSA) is 58.6 Å². The van der Waals surface area contributed by atoms with Crippen LogP contribution in [0.25, 0.3) is 0 Å². The molecule has 4 nitrogen and oxygen atoms in total. The molecule has 0 aromatic rings. The minimum absolute atomic E-state index is 0.0566. The van der Waals surface area contributed by atoms with Gasteiger partial charge in [-0.1, -0.05) is 32.1 Å². The Labute approximate surface area is 110 Å². The third-order valence-electron chi connectivity index (χ3n) is 3.71. The zero-order valence-corrected chi connectivity index (χ0v) is 11.5. The second kappa shape index (κ2) is 9.34. The lowest BCUT2D eigenvalue weighted by Gasteiger charge is -2.22. The SMILES string of the molecule is COCC(CCO)NC(=O)CCC1CCCCC1. The predicted octanol–water partition coefficient (Wildman–Crippen LogP) is 1.86. The van der Waals surface area contributed by atoms with E-state index in [0.29, 0.717) is 19.4 Å². The van der Waals surface area contributed by atoms with E-state index in [1.807, 2.05) is 0 Å². The van der Waals surface area contributed by atoms with Crippen LogP contribution in [0.1, 0.15) is 51.4 Å². The third kappa shape index (κ3) is 6.36. The number of hydrogen-bond donors (Lipinski definition) is 2. The third-order valence-corrected chi connectivity index (χ3v) is 3.71. The molecule has 0 aromatic heterocycles. The summed E-state index contributed by atoms with van der Waals surface area (Å²) in [4.78, 5) is 11.8. The van der Waals surface area contributed by atoms with Crippen LogP contribution in [0.4, 0.5) is 0 Å². The van der Waals surface area contributed by atoms with Gasteiger partial charge in [0.1, 0.15) is 0 Å². The highest BCUT2D eigenvalue weighted by molar-refractivity contribution is 5.76. The van der Waals surface area contributed by atoms with Gasteiger partial charge in [-0.3, -0.25) is 4.79 Å². The van der Waals surface area contributed by atoms with Gasteiger partial charge in [0, 0.05) is 20.1 Å². The first-order valence-electron chi connectivity index (χ1n) is 7.15. The van der Waals surface area contributed by atoms with E-state index in [0.717, 1.165) is 12.3 Å². The minimum Gasteiger partial charge on any atom is -0.396 e. The molecule has 1 aliphatic rings. The summed E-state index contributed by atoms with van der Waals surface area (Å²) >= 11 is 0. The molecule has 0 saturated heterocycles. The molecule has 1 rings (SSSR count). The fraction of sp³-hybridized carbons (Fsp3) is 0.929. The quantitative estimate of drug-likeness (QED) is 0.698. The Morgan fingerprint density at radius 3 is 2.72 bits per heavy atom. The van der Waals surface area contributed by atoms with Crippen molar-refractivity contribution in [3.05, 3.63) is 0 Å². The van der Waals surface area contributed by atoms with Crippen LogP contribution in [0.5, 0.6) is 0 Å². The van der Waals surface area contributed by atoms with E-state index in [-0.39, 0.29) is 18.6 Å². The molecule has 0 aliphatic heterocycles. The van der Waals surface area contributed by atoms with E-state index < -0.39 is 0 Å². The molecule has 0 spiro atoms. The van der Waals surface area contributed by atoms with Crippen LogP contribution < -0.4 is 5.32 Å². The second-order valence-corrected chi connectivity index (χ2v) is 5.27. The fourth-order valence-electron chi connectivity index (χ4n) is 2.67.